The van der Waals surface area contributed by atoms with Crippen molar-refractivity contribution >= 4 is 27.8 Å². The van der Waals surface area contributed by atoms with Crippen LogP contribution in [0.5, 0.6) is 0 Å². The molecule has 5 aromatic rings. The lowest BCUT2D eigenvalue weighted by Gasteiger charge is -2.15. The molecule has 2 aromatic heterocycles. The Morgan fingerprint density at radius 1 is 0.903 bits per heavy atom. The third kappa shape index (κ3) is 3.08. The molecule has 0 saturated carbocycles. The fourth-order valence-corrected chi connectivity index (χ4v) is 4.47. The minimum atomic E-state index is 0.0960. The number of para-hydroxylation sites is 1. The Morgan fingerprint density at radius 3 is 2.81 bits per heavy atom. The standard InChI is InChI=1S/C27H20N2O2/c30-27-26-21(5-3-6-23(26)19-9-11-25-20(16-19)13-15-31-25)17-29(27)14-12-22-10-8-18-4-1-2-7-24(18)28-22/h1-11,13,15-16H,12,14,17H2. The predicted molar refractivity (Wildman–Crippen MR) is 122 cm³/mol. The van der Waals surface area contributed by atoms with E-state index in [1.165, 1.54) is 0 Å². The zero-order chi connectivity index (χ0) is 20.8. The topological polar surface area (TPSA) is 46.3 Å². The van der Waals surface area contributed by atoms with Crippen LogP contribution in [0.2, 0.25) is 0 Å². The van der Waals surface area contributed by atoms with Gasteiger partial charge in [-0.3, -0.25) is 9.78 Å². The molecule has 0 bridgehead atoms. The van der Waals surface area contributed by atoms with E-state index < -0.39 is 0 Å². The summed E-state index contributed by atoms with van der Waals surface area (Å²) in [5.41, 5.74) is 6.78. The number of rotatable bonds is 4. The van der Waals surface area contributed by atoms with E-state index in [2.05, 4.69) is 30.3 Å². The van der Waals surface area contributed by atoms with Crippen molar-refractivity contribution in [3.05, 3.63) is 102 Å². The summed E-state index contributed by atoms with van der Waals surface area (Å²) in [4.78, 5) is 20.0. The Hall–Kier alpha value is -3.92. The van der Waals surface area contributed by atoms with Gasteiger partial charge >= 0.3 is 0 Å². The number of fused-ring (bicyclic) bond motifs is 3. The molecule has 1 amide bonds. The van der Waals surface area contributed by atoms with Crippen molar-refractivity contribution in [1.82, 2.24) is 9.88 Å². The van der Waals surface area contributed by atoms with Gasteiger partial charge in [-0.15, -0.1) is 0 Å². The molecule has 0 N–H and O–H groups in total. The first-order valence-electron chi connectivity index (χ1n) is 10.5. The normalized spacial score (nSPS) is 13.3. The highest BCUT2D eigenvalue weighted by molar-refractivity contribution is 6.05. The first kappa shape index (κ1) is 17.9. The van der Waals surface area contributed by atoms with Crippen LogP contribution >= 0.6 is 0 Å². The summed E-state index contributed by atoms with van der Waals surface area (Å²) < 4.78 is 5.46. The summed E-state index contributed by atoms with van der Waals surface area (Å²) in [6, 6.07) is 26.4. The van der Waals surface area contributed by atoms with Crippen LogP contribution in [0.4, 0.5) is 0 Å². The fraction of sp³-hybridized carbons (Fsp3) is 0.111. The average Bonchev–Trinajstić information content (AvgIpc) is 3.41. The van der Waals surface area contributed by atoms with Crippen molar-refractivity contribution in [2.45, 2.75) is 13.0 Å². The van der Waals surface area contributed by atoms with Gasteiger partial charge in [0.1, 0.15) is 5.58 Å². The maximum absolute atomic E-state index is 13.3. The Bertz CT molecular complexity index is 1450. The van der Waals surface area contributed by atoms with Crippen LogP contribution in [0, 0.1) is 0 Å². The molecule has 3 aromatic carbocycles. The molecule has 0 fully saturated rings. The highest BCUT2D eigenvalue weighted by Gasteiger charge is 2.30. The summed E-state index contributed by atoms with van der Waals surface area (Å²) in [5, 5.41) is 2.18. The van der Waals surface area contributed by atoms with Gasteiger partial charge in [-0.25, -0.2) is 0 Å². The van der Waals surface area contributed by atoms with Crippen molar-refractivity contribution in [2.75, 3.05) is 6.54 Å². The van der Waals surface area contributed by atoms with Gasteiger partial charge in [-0.05, 0) is 47.0 Å². The van der Waals surface area contributed by atoms with Gasteiger partial charge in [0, 0.05) is 36.0 Å². The van der Waals surface area contributed by atoms with Crippen LogP contribution in [0.25, 0.3) is 33.0 Å². The molecule has 1 aliphatic heterocycles. The summed E-state index contributed by atoms with van der Waals surface area (Å²) in [7, 11) is 0. The minimum Gasteiger partial charge on any atom is -0.464 e. The van der Waals surface area contributed by atoms with Crippen molar-refractivity contribution in [3.63, 3.8) is 0 Å². The van der Waals surface area contributed by atoms with Crippen molar-refractivity contribution in [2.24, 2.45) is 0 Å². The molecule has 31 heavy (non-hydrogen) atoms. The highest BCUT2D eigenvalue weighted by atomic mass is 16.3. The summed E-state index contributed by atoms with van der Waals surface area (Å²) in [5.74, 6) is 0.0960. The molecule has 0 radical (unpaired) electrons. The van der Waals surface area contributed by atoms with E-state index in [0.717, 1.165) is 56.2 Å². The zero-order valence-corrected chi connectivity index (χ0v) is 16.9. The number of carbonyl (C=O) groups is 1. The Kier molecular flexibility index (Phi) is 4.10. The van der Waals surface area contributed by atoms with Crippen molar-refractivity contribution in [3.8, 4) is 11.1 Å². The Labute approximate surface area is 179 Å². The van der Waals surface area contributed by atoms with Crippen molar-refractivity contribution in [1.29, 1.82) is 0 Å². The highest BCUT2D eigenvalue weighted by Crippen LogP contribution is 2.34. The van der Waals surface area contributed by atoms with Crippen molar-refractivity contribution < 1.29 is 9.21 Å². The lowest BCUT2D eigenvalue weighted by molar-refractivity contribution is 0.0780. The van der Waals surface area contributed by atoms with E-state index in [-0.39, 0.29) is 5.91 Å². The number of furan rings is 1. The molecule has 0 spiro atoms. The molecular formula is C27H20N2O2. The van der Waals surface area contributed by atoms with E-state index in [0.29, 0.717) is 13.1 Å². The zero-order valence-electron chi connectivity index (χ0n) is 16.9. The van der Waals surface area contributed by atoms with Crippen LogP contribution in [0.15, 0.2) is 89.5 Å². The molecule has 0 saturated heterocycles. The van der Waals surface area contributed by atoms with Crippen LogP contribution in [-0.4, -0.2) is 22.3 Å². The van der Waals surface area contributed by atoms with Crippen LogP contribution in [0.3, 0.4) is 0 Å². The molecular weight excluding hydrogens is 384 g/mol. The van der Waals surface area contributed by atoms with Crippen LogP contribution in [0.1, 0.15) is 21.6 Å². The Morgan fingerprint density at radius 2 is 1.84 bits per heavy atom. The first-order chi connectivity index (χ1) is 15.3. The van der Waals surface area contributed by atoms with Gasteiger partial charge in [0.05, 0.1) is 17.3 Å². The molecule has 4 heteroatoms. The van der Waals surface area contributed by atoms with E-state index in [1.807, 2.05) is 53.4 Å². The largest absolute Gasteiger partial charge is 0.464 e. The van der Waals surface area contributed by atoms with E-state index >= 15 is 0 Å². The third-order valence-corrected chi connectivity index (χ3v) is 6.07. The number of nitrogens with zero attached hydrogens (tertiary/aromatic N) is 2. The molecule has 3 heterocycles. The predicted octanol–water partition coefficient (Wildman–Crippen LogP) is 5.85. The number of pyridine rings is 1. The number of aromatic nitrogens is 1. The third-order valence-electron chi connectivity index (χ3n) is 6.07. The number of carbonyl (C=O) groups excluding carboxylic acids is 1. The van der Waals surface area contributed by atoms with Crippen LogP contribution in [-0.2, 0) is 13.0 Å². The maximum atomic E-state index is 13.3. The quantitative estimate of drug-likeness (QED) is 0.378. The lowest BCUT2D eigenvalue weighted by Crippen LogP contribution is -2.26. The van der Waals surface area contributed by atoms with E-state index in [9.17, 15) is 4.79 Å². The summed E-state index contributed by atoms with van der Waals surface area (Å²) >= 11 is 0. The number of amides is 1. The summed E-state index contributed by atoms with van der Waals surface area (Å²) in [6.07, 6.45) is 2.43. The molecule has 4 nitrogen and oxygen atoms in total. The molecule has 0 aliphatic carbocycles. The van der Waals surface area contributed by atoms with Gasteiger partial charge in [0.15, 0.2) is 0 Å². The average molecular weight is 404 g/mol. The van der Waals surface area contributed by atoms with Gasteiger partial charge in [-0.2, -0.15) is 0 Å². The van der Waals surface area contributed by atoms with Gasteiger partial charge in [-0.1, -0.05) is 48.5 Å². The van der Waals surface area contributed by atoms with E-state index in [1.54, 1.807) is 6.26 Å². The maximum Gasteiger partial charge on any atom is 0.255 e. The first-order valence-corrected chi connectivity index (χ1v) is 10.5. The monoisotopic (exact) mass is 404 g/mol. The number of hydrogen-bond acceptors (Lipinski definition) is 3. The smallest absolute Gasteiger partial charge is 0.255 e. The SMILES string of the molecule is O=C1c2c(cccc2-c2ccc3occc3c2)CN1CCc1ccc2ccccc2n1. The second-order valence-corrected chi connectivity index (χ2v) is 7.98. The van der Waals surface area contributed by atoms with Gasteiger partial charge < -0.3 is 9.32 Å². The Balaban J connectivity index is 1.27. The number of hydrogen-bond donors (Lipinski definition) is 0. The molecule has 1 aliphatic rings. The van der Waals surface area contributed by atoms with Gasteiger partial charge in [0.25, 0.3) is 5.91 Å². The molecule has 6 rings (SSSR count). The number of benzene rings is 3. The lowest BCUT2D eigenvalue weighted by atomic mass is 9.96. The van der Waals surface area contributed by atoms with Gasteiger partial charge in [0.2, 0.25) is 0 Å². The molecule has 0 atom stereocenters. The molecule has 0 unspecified atom stereocenters. The second kappa shape index (κ2) is 7.10. The molecule has 150 valence electrons. The minimum absolute atomic E-state index is 0.0960. The summed E-state index contributed by atoms with van der Waals surface area (Å²) in [6.45, 7) is 1.29. The fourth-order valence-electron chi connectivity index (χ4n) is 4.47. The van der Waals surface area contributed by atoms with E-state index in [4.69, 9.17) is 9.40 Å². The second-order valence-electron chi connectivity index (χ2n) is 7.98. The van der Waals surface area contributed by atoms with Crippen LogP contribution < -0.4 is 0 Å².